The maximum absolute atomic E-state index is 12.9. The molecular formula is C31H31N5O4S. The Labute approximate surface area is 242 Å². The van der Waals surface area contributed by atoms with Crippen molar-refractivity contribution in [3.63, 3.8) is 0 Å². The van der Waals surface area contributed by atoms with Crippen LogP contribution >= 0.6 is 11.8 Å². The highest BCUT2D eigenvalue weighted by atomic mass is 32.2. The van der Waals surface area contributed by atoms with Gasteiger partial charge < -0.3 is 20.1 Å². The zero-order valence-corrected chi connectivity index (χ0v) is 23.4. The minimum Gasteiger partial charge on any atom is -0.486 e. The van der Waals surface area contributed by atoms with Gasteiger partial charge in [-0.05, 0) is 41.3 Å². The molecule has 210 valence electrons. The lowest BCUT2D eigenvalue weighted by Gasteiger charge is -2.15. The van der Waals surface area contributed by atoms with E-state index in [2.05, 4.69) is 27.4 Å². The summed E-state index contributed by atoms with van der Waals surface area (Å²) in [5, 5.41) is 22.6. The Kier molecular flexibility index (Phi) is 9.00. The van der Waals surface area contributed by atoms with Crippen LogP contribution in [-0.4, -0.2) is 48.5 Å². The van der Waals surface area contributed by atoms with E-state index < -0.39 is 17.9 Å². The third-order valence-corrected chi connectivity index (χ3v) is 7.71. The molecular weight excluding hydrogens is 538 g/mol. The van der Waals surface area contributed by atoms with Gasteiger partial charge in [-0.25, -0.2) is 4.79 Å². The van der Waals surface area contributed by atoms with Crippen molar-refractivity contribution in [3.8, 4) is 5.75 Å². The van der Waals surface area contributed by atoms with Gasteiger partial charge in [0.25, 0.3) is 0 Å². The van der Waals surface area contributed by atoms with Crippen LogP contribution in [0.5, 0.6) is 5.75 Å². The molecule has 10 heteroatoms. The molecule has 0 saturated carbocycles. The minimum atomic E-state index is -1.09. The Hall–Kier alpha value is -4.57. The number of benzene rings is 3. The number of ether oxygens (including phenoxy) is 1. The number of fused-ring (bicyclic) bond motifs is 1. The molecule has 2 heterocycles. The smallest absolute Gasteiger partial charge is 0.326 e. The quantitative estimate of drug-likeness (QED) is 0.173. The summed E-state index contributed by atoms with van der Waals surface area (Å²) in [7, 11) is 0. The average Bonchev–Trinajstić information content (AvgIpc) is 3.58. The van der Waals surface area contributed by atoms with Crippen molar-refractivity contribution in [1.82, 2.24) is 25.1 Å². The number of para-hydroxylation sites is 1. The number of aryl methyl sites for hydroxylation is 1. The maximum Gasteiger partial charge on any atom is 0.326 e. The number of aromatic amines is 1. The van der Waals surface area contributed by atoms with Gasteiger partial charge in [0.1, 0.15) is 18.4 Å². The van der Waals surface area contributed by atoms with E-state index in [0.29, 0.717) is 17.5 Å². The Morgan fingerprint density at radius 2 is 1.76 bits per heavy atom. The van der Waals surface area contributed by atoms with E-state index in [9.17, 15) is 14.7 Å². The Morgan fingerprint density at radius 1 is 1.00 bits per heavy atom. The number of carbonyl (C=O) groups is 2. The van der Waals surface area contributed by atoms with E-state index >= 15 is 0 Å². The van der Waals surface area contributed by atoms with Crippen LogP contribution in [0.15, 0.2) is 90.2 Å². The van der Waals surface area contributed by atoms with Gasteiger partial charge in [-0.2, -0.15) is 0 Å². The van der Waals surface area contributed by atoms with Gasteiger partial charge in [0.05, 0.1) is 12.3 Å². The number of rotatable bonds is 13. The number of hydrogen-bond donors (Lipinski definition) is 3. The van der Waals surface area contributed by atoms with Gasteiger partial charge in [-0.3, -0.25) is 9.36 Å². The van der Waals surface area contributed by atoms with Crippen LogP contribution in [0.1, 0.15) is 29.4 Å². The van der Waals surface area contributed by atoms with Crippen LogP contribution in [0.3, 0.4) is 0 Å². The molecule has 1 atom stereocenters. The fourth-order valence-electron chi connectivity index (χ4n) is 4.51. The first-order valence-electron chi connectivity index (χ1n) is 13.4. The molecule has 0 saturated heterocycles. The van der Waals surface area contributed by atoms with E-state index in [-0.39, 0.29) is 18.8 Å². The number of carboxylic acid groups (broad SMARTS) is 1. The predicted molar refractivity (Wildman–Crippen MR) is 158 cm³/mol. The number of nitrogens with one attached hydrogen (secondary N) is 2. The van der Waals surface area contributed by atoms with Crippen molar-refractivity contribution in [2.75, 3.05) is 5.75 Å². The normalized spacial score (nSPS) is 11.8. The monoisotopic (exact) mass is 569 g/mol. The van der Waals surface area contributed by atoms with Crippen molar-refractivity contribution >= 4 is 34.5 Å². The summed E-state index contributed by atoms with van der Waals surface area (Å²) < 4.78 is 7.91. The molecule has 3 N–H and O–H groups in total. The molecule has 0 aliphatic rings. The molecule has 0 spiro atoms. The largest absolute Gasteiger partial charge is 0.486 e. The summed E-state index contributed by atoms with van der Waals surface area (Å²) in [6, 6.07) is 24.5. The van der Waals surface area contributed by atoms with Crippen LogP contribution in [0, 0.1) is 0 Å². The van der Waals surface area contributed by atoms with E-state index in [0.717, 1.165) is 34.2 Å². The zero-order valence-electron chi connectivity index (χ0n) is 22.6. The highest BCUT2D eigenvalue weighted by Gasteiger charge is 2.23. The van der Waals surface area contributed by atoms with Crippen molar-refractivity contribution in [2.24, 2.45) is 0 Å². The molecule has 9 nitrogen and oxygen atoms in total. The molecule has 41 heavy (non-hydrogen) atoms. The fourth-order valence-corrected chi connectivity index (χ4v) is 5.28. The number of amides is 1. The highest BCUT2D eigenvalue weighted by Crippen LogP contribution is 2.22. The molecule has 5 rings (SSSR count). The third-order valence-electron chi connectivity index (χ3n) is 6.74. The van der Waals surface area contributed by atoms with Crippen molar-refractivity contribution in [3.05, 3.63) is 108 Å². The van der Waals surface area contributed by atoms with Crippen LogP contribution in [-0.2, 0) is 35.6 Å². The molecule has 0 aliphatic carbocycles. The lowest BCUT2D eigenvalue weighted by molar-refractivity contribution is -0.141. The van der Waals surface area contributed by atoms with E-state index in [1.807, 2.05) is 83.4 Å². The standard InChI is InChI=1S/C31H31N5O4S/c1-2-21-12-14-24(15-13-21)40-19-28-34-35-31(36(28)18-22-8-4-3-5-9-22)41-20-29(37)33-27(30(38)39)16-23-17-32-26-11-7-6-10-25(23)26/h3-15,17,27,32H,2,16,18-20H2,1H3,(H,33,37)(H,38,39)/t27-/m1/s1. The van der Waals surface area contributed by atoms with E-state index in [1.54, 1.807) is 6.20 Å². The second kappa shape index (κ2) is 13.2. The maximum atomic E-state index is 12.9. The zero-order chi connectivity index (χ0) is 28.6. The first-order valence-corrected chi connectivity index (χ1v) is 14.4. The Morgan fingerprint density at radius 3 is 2.51 bits per heavy atom. The van der Waals surface area contributed by atoms with Gasteiger partial charge in [0.2, 0.25) is 5.91 Å². The number of aromatic nitrogens is 4. The number of carboxylic acids is 1. The van der Waals surface area contributed by atoms with Crippen molar-refractivity contribution in [2.45, 2.75) is 44.1 Å². The number of thioether (sulfide) groups is 1. The van der Waals surface area contributed by atoms with Gasteiger partial charge in [-0.1, -0.05) is 79.3 Å². The van der Waals surface area contributed by atoms with Gasteiger partial charge >= 0.3 is 5.97 Å². The molecule has 2 aromatic heterocycles. The molecule has 0 unspecified atom stereocenters. The third kappa shape index (κ3) is 7.15. The average molecular weight is 570 g/mol. The molecule has 0 radical (unpaired) electrons. The highest BCUT2D eigenvalue weighted by molar-refractivity contribution is 7.99. The number of H-pyrrole nitrogens is 1. The molecule has 0 aliphatic heterocycles. The summed E-state index contributed by atoms with van der Waals surface area (Å²) >= 11 is 1.21. The lowest BCUT2D eigenvalue weighted by atomic mass is 10.1. The number of hydrogen-bond acceptors (Lipinski definition) is 6. The fraction of sp³-hybridized carbons (Fsp3) is 0.226. The topological polar surface area (TPSA) is 122 Å². The predicted octanol–water partition coefficient (Wildman–Crippen LogP) is 4.85. The number of nitrogens with zero attached hydrogens (tertiary/aromatic N) is 3. The van der Waals surface area contributed by atoms with Crippen LogP contribution < -0.4 is 10.1 Å². The second-order valence-electron chi connectivity index (χ2n) is 9.57. The first kappa shape index (κ1) is 28.0. The summed E-state index contributed by atoms with van der Waals surface area (Å²) in [5.41, 5.74) is 4.03. The summed E-state index contributed by atoms with van der Waals surface area (Å²) in [6.07, 6.45) is 2.91. The molecule has 1 amide bonds. The van der Waals surface area contributed by atoms with Crippen LogP contribution in [0.25, 0.3) is 10.9 Å². The van der Waals surface area contributed by atoms with Gasteiger partial charge in [0, 0.05) is 23.5 Å². The van der Waals surface area contributed by atoms with Gasteiger partial charge in [-0.15, -0.1) is 10.2 Å². The van der Waals surface area contributed by atoms with Crippen LogP contribution in [0.4, 0.5) is 0 Å². The molecule has 3 aromatic carbocycles. The number of carbonyl (C=O) groups excluding carboxylic acids is 1. The van der Waals surface area contributed by atoms with Crippen molar-refractivity contribution < 1.29 is 19.4 Å². The summed E-state index contributed by atoms with van der Waals surface area (Å²) in [4.78, 5) is 28.0. The Bertz CT molecular complexity index is 1610. The molecule has 5 aromatic rings. The van der Waals surface area contributed by atoms with E-state index in [1.165, 1.54) is 17.3 Å². The summed E-state index contributed by atoms with van der Waals surface area (Å²) in [6.45, 7) is 2.82. The van der Waals surface area contributed by atoms with Gasteiger partial charge in [0.15, 0.2) is 11.0 Å². The van der Waals surface area contributed by atoms with Crippen molar-refractivity contribution in [1.29, 1.82) is 0 Å². The lowest BCUT2D eigenvalue weighted by Crippen LogP contribution is -2.43. The SMILES string of the molecule is CCc1ccc(OCc2nnc(SCC(=O)N[C@H](Cc3c[nH]c4ccccc34)C(=O)O)n2Cc2ccccc2)cc1. The first-order chi connectivity index (χ1) is 20.0. The Balaban J connectivity index is 1.26. The molecule has 0 bridgehead atoms. The van der Waals surface area contributed by atoms with E-state index in [4.69, 9.17) is 4.74 Å². The number of aliphatic carboxylic acids is 1. The minimum absolute atomic E-state index is 0.01000. The van der Waals surface area contributed by atoms with Crippen LogP contribution in [0.2, 0.25) is 0 Å². The summed E-state index contributed by atoms with van der Waals surface area (Å²) in [5.74, 6) is -0.138. The second-order valence-corrected chi connectivity index (χ2v) is 10.5. The molecule has 0 fully saturated rings.